The van der Waals surface area contributed by atoms with E-state index < -0.39 is 0 Å². The summed E-state index contributed by atoms with van der Waals surface area (Å²) in [5, 5.41) is 2.18. The van der Waals surface area contributed by atoms with E-state index in [1.165, 1.54) is 12.8 Å². The maximum Gasteiger partial charge on any atom is 0.150 e. The average Bonchev–Trinajstić information content (AvgIpc) is 2.56. The Balaban J connectivity index is 1.66. The van der Waals surface area contributed by atoms with Crippen molar-refractivity contribution in [2.24, 2.45) is 5.92 Å². The van der Waals surface area contributed by atoms with Crippen molar-refractivity contribution >= 4 is 17.1 Å². The SMILES string of the molecule is COCC1CCC(Oc2ccc3cc(C=O)ccc3c2)CC1. The van der Waals surface area contributed by atoms with Crippen LogP contribution in [0.5, 0.6) is 5.75 Å². The molecule has 1 saturated carbocycles. The minimum Gasteiger partial charge on any atom is -0.490 e. The van der Waals surface area contributed by atoms with Gasteiger partial charge in [0.1, 0.15) is 12.0 Å². The smallest absolute Gasteiger partial charge is 0.150 e. The predicted molar refractivity (Wildman–Crippen MR) is 87.6 cm³/mol. The zero-order chi connectivity index (χ0) is 15.4. The third-order valence-electron chi connectivity index (χ3n) is 4.47. The van der Waals surface area contributed by atoms with Crippen LogP contribution in [0.3, 0.4) is 0 Å². The standard InChI is InChI=1S/C19H22O3/c1-21-13-14-3-7-18(8-4-14)22-19-9-6-16-10-15(12-20)2-5-17(16)11-19/h2,5-6,9-12,14,18H,3-4,7-8,13H2,1H3. The molecule has 0 spiro atoms. The lowest BCUT2D eigenvalue weighted by molar-refractivity contribution is 0.0841. The molecule has 2 aromatic carbocycles. The van der Waals surface area contributed by atoms with Crippen LogP contribution >= 0.6 is 0 Å². The molecule has 1 aliphatic carbocycles. The van der Waals surface area contributed by atoms with E-state index in [0.29, 0.717) is 17.6 Å². The molecule has 0 radical (unpaired) electrons. The molecule has 0 unspecified atom stereocenters. The highest BCUT2D eigenvalue weighted by Gasteiger charge is 2.22. The van der Waals surface area contributed by atoms with Crippen LogP contribution in [0.1, 0.15) is 36.0 Å². The summed E-state index contributed by atoms with van der Waals surface area (Å²) in [4.78, 5) is 10.8. The minimum atomic E-state index is 0.305. The first-order valence-electron chi connectivity index (χ1n) is 7.93. The Bertz CT molecular complexity index is 642. The summed E-state index contributed by atoms with van der Waals surface area (Å²) >= 11 is 0. The lowest BCUT2D eigenvalue weighted by Gasteiger charge is -2.28. The number of carbonyl (C=O) groups is 1. The molecular formula is C19H22O3. The van der Waals surface area contributed by atoms with Gasteiger partial charge in [-0.1, -0.05) is 18.2 Å². The monoisotopic (exact) mass is 298 g/mol. The van der Waals surface area contributed by atoms with E-state index in [9.17, 15) is 4.79 Å². The molecule has 3 nitrogen and oxygen atoms in total. The van der Waals surface area contributed by atoms with Gasteiger partial charge in [-0.2, -0.15) is 0 Å². The second kappa shape index (κ2) is 6.93. The second-order valence-corrected chi connectivity index (χ2v) is 6.10. The Kier molecular flexibility index (Phi) is 4.74. The molecule has 1 aliphatic rings. The van der Waals surface area contributed by atoms with Gasteiger partial charge < -0.3 is 9.47 Å². The zero-order valence-electron chi connectivity index (χ0n) is 13.0. The summed E-state index contributed by atoms with van der Waals surface area (Å²) in [6.07, 6.45) is 5.72. The van der Waals surface area contributed by atoms with E-state index in [4.69, 9.17) is 9.47 Å². The number of aldehydes is 1. The Morgan fingerprint density at radius 2 is 1.77 bits per heavy atom. The molecule has 22 heavy (non-hydrogen) atoms. The highest BCUT2D eigenvalue weighted by Crippen LogP contribution is 2.29. The molecule has 0 bridgehead atoms. The van der Waals surface area contributed by atoms with Gasteiger partial charge in [-0.15, -0.1) is 0 Å². The van der Waals surface area contributed by atoms with Crippen molar-refractivity contribution < 1.29 is 14.3 Å². The largest absolute Gasteiger partial charge is 0.490 e. The molecule has 1 fully saturated rings. The number of carbonyl (C=O) groups excluding carboxylic acids is 1. The van der Waals surface area contributed by atoms with Crippen LogP contribution in [0.2, 0.25) is 0 Å². The first-order valence-corrected chi connectivity index (χ1v) is 7.93. The molecule has 0 amide bonds. The molecule has 0 heterocycles. The van der Waals surface area contributed by atoms with E-state index in [2.05, 4.69) is 6.07 Å². The summed E-state index contributed by atoms with van der Waals surface area (Å²) in [7, 11) is 1.77. The Morgan fingerprint density at radius 3 is 2.50 bits per heavy atom. The number of hydrogen-bond donors (Lipinski definition) is 0. The van der Waals surface area contributed by atoms with Gasteiger partial charge in [-0.3, -0.25) is 4.79 Å². The van der Waals surface area contributed by atoms with Crippen molar-refractivity contribution in [2.45, 2.75) is 31.8 Å². The number of ether oxygens (including phenoxy) is 2. The van der Waals surface area contributed by atoms with Gasteiger partial charge in [-0.05, 0) is 60.6 Å². The number of methoxy groups -OCH3 is 1. The van der Waals surface area contributed by atoms with Gasteiger partial charge in [-0.25, -0.2) is 0 Å². The van der Waals surface area contributed by atoms with Crippen LogP contribution < -0.4 is 4.74 Å². The quantitative estimate of drug-likeness (QED) is 0.775. The molecular weight excluding hydrogens is 276 g/mol. The van der Waals surface area contributed by atoms with Crippen molar-refractivity contribution in [3.8, 4) is 5.75 Å². The summed E-state index contributed by atoms with van der Waals surface area (Å²) in [5.41, 5.74) is 0.706. The third-order valence-corrected chi connectivity index (χ3v) is 4.47. The van der Waals surface area contributed by atoms with Crippen LogP contribution in [-0.2, 0) is 4.74 Å². The summed E-state index contributed by atoms with van der Waals surface area (Å²) in [6, 6.07) is 11.8. The minimum absolute atomic E-state index is 0.305. The molecule has 116 valence electrons. The zero-order valence-corrected chi connectivity index (χ0v) is 13.0. The molecule has 3 heteroatoms. The molecule has 2 aromatic rings. The van der Waals surface area contributed by atoms with Gasteiger partial charge in [0.2, 0.25) is 0 Å². The molecule has 0 atom stereocenters. The van der Waals surface area contributed by atoms with E-state index >= 15 is 0 Å². The number of rotatable bonds is 5. The fourth-order valence-corrected chi connectivity index (χ4v) is 3.23. The van der Waals surface area contributed by atoms with Crippen molar-refractivity contribution in [2.75, 3.05) is 13.7 Å². The van der Waals surface area contributed by atoms with Crippen molar-refractivity contribution in [1.29, 1.82) is 0 Å². The maximum atomic E-state index is 10.8. The van der Waals surface area contributed by atoms with Crippen LogP contribution in [0.4, 0.5) is 0 Å². The van der Waals surface area contributed by atoms with Crippen molar-refractivity contribution in [1.82, 2.24) is 0 Å². The molecule has 3 rings (SSSR count). The van der Waals surface area contributed by atoms with Crippen LogP contribution in [0, 0.1) is 5.92 Å². The van der Waals surface area contributed by atoms with Crippen molar-refractivity contribution in [3.63, 3.8) is 0 Å². The number of hydrogen-bond acceptors (Lipinski definition) is 3. The molecule has 0 aromatic heterocycles. The van der Waals surface area contributed by atoms with Gasteiger partial charge in [0.25, 0.3) is 0 Å². The van der Waals surface area contributed by atoms with E-state index in [-0.39, 0.29) is 0 Å². The first-order chi connectivity index (χ1) is 10.8. The van der Waals surface area contributed by atoms with Crippen molar-refractivity contribution in [3.05, 3.63) is 42.0 Å². The lowest BCUT2D eigenvalue weighted by atomic mass is 9.88. The average molecular weight is 298 g/mol. The molecule has 0 N–H and O–H groups in total. The summed E-state index contributed by atoms with van der Waals surface area (Å²) < 4.78 is 11.4. The fraction of sp³-hybridized carbons (Fsp3) is 0.421. The Morgan fingerprint density at radius 1 is 1.05 bits per heavy atom. The Hall–Kier alpha value is -1.87. The van der Waals surface area contributed by atoms with Crippen LogP contribution in [-0.4, -0.2) is 26.1 Å². The van der Waals surface area contributed by atoms with Gasteiger partial charge >= 0.3 is 0 Å². The van der Waals surface area contributed by atoms with Gasteiger partial charge in [0.05, 0.1) is 6.10 Å². The van der Waals surface area contributed by atoms with E-state index in [0.717, 1.165) is 42.3 Å². The van der Waals surface area contributed by atoms with E-state index in [1.54, 1.807) is 7.11 Å². The second-order valence-electron chi connectivity index (χ2n) is 6.10. The highest BCUT2D eigenvalue weighted by molar-refractivity contribution is 5.89. The lowest BCUT2D eigenvalue weighted by Crippen LogP contribution is -2.25. The van der Waals surface area contributed by atoms with Gasteiger partial charge in [0.15, 0.2) is 0 Å². The van der Waals surface area contributed by atoms with E-state index in [1.807, 2.05) is 30.3 Å². The summed E-state index contributed by atoms with van der Waals surface area (Å²) in [5.74, 6) is 1.60. The third kappa shape index (κ3) is 3.47. The van der Waals surface area contributed by atoms with Crippen LogP contribution in [0.25, 0.3) is 10.8 Å². The maximum absolute atomic E-state index is 10.8. The topological polar surface area (TPSA) is 35.5 Å². The predicted octanol–water partition coefficient (Wildman–Crippen LogP) is 4.24. The molecule has 0 aliphatic heterocycles. The fourth-order valence-electron chi connectivity index (χ4n) is 3.23. The van der Waals surface area contributed by atoms with Crippen LogP contribution in [0.15, 0.2) is 36.4 Å². The normalized spacial score (nSPS) is 21.7. The summed E-state index contributed by atoms with van der Waals surface area (Å²) in [6.45, 7) is 0.863. The number of benzene rings is 2. The first kappa shape index (κ1) is 15.0. The Labute approximate surface area is 131 Å². The molecule has 0 saturated heterocycles. The number of fused-ring (bicyclic) bond motifs is 1. The van der Waals surface area contributed by atoms with Gasteiger partial charge in [0, 0.05) is 19.3 Å². The highest BCUT2D eigenvalue weighted by atomic mass is 16.5.